The summed E-state index contributed by atoms with van der Waals surface area (Å²) in [7, 11) is 0. The SMILES string of the molecule is O=C(NCC1CCOC1)c1cccnc1N1CCCC1. The number of hydrogen-bond donors (Lipinski definition) is 1. The lowest BCUT2D eigenvalue weighted by Gasteiger charge is -2.19. The average Bonchev–Trinajstić information content (AvgIpc) is 3.18. The van der Waals surface area contributed by atoms with Gasteiger partial charge in [0.15, 0.2) is 0 Å². The van der Waals surface area contributed by atoms with Crippen molar-refractivity contribution in [2.45, 2.75) is 19.3 Å². The zero-order chi connectivity index (χ0) is 13.8. The first kappa shape index (κ1) is 13.4. The van der Waals surface area contributed by atoms with Gasteiger partial charge in [0, 0.05) is 38.4 Å². The van der Waals surface area contributed by atoms with E-state index in [1.54, 1.807) is 6.20 Å². The lowest BCUT2D eigenvalue weighted by atomic mass is 10.1. The van der Waals surface area contributed by atoms with Crippen molar-refractivity contribution in [2.75, 3.05) is 37.7 Å². The van der Waals surface area contributed by atoms with Crippen LogP contribution in [0.1, 0.15) is 29.6 Å². The highest BCUT2D eigenvalue weighted by Crippen LogP contribution is 2.22. The van der Waals surface area contributed by atoms with Crippen LogP contribution in [0.3, 0.4) is 0 Å². The van der Waals surface area contributed by atoms with Gasteiger partial charge in [0.2, 0.25) is 0 Å². The monoisotopic (exact) mass is 275 g/mol. The number of aromatic nitrogens is 1. The van der Waals surface area contributed by atoms with Crippen molar-refractivity contribution in [2.24, 2.45) is 5.92 Å². The average molecular weight is 275 g/mol. The van der Waals surface area contributed by atoms with Crippen LogP contribution in [0.5, 0.6) is 0 Å². The minimum Gasteiger partial charge on any atom is -0.381 e. The van der Waals surface area contributed by atoms with Crippen molar-refractivity contribution in [1.29, 1.82) is 0 Å². The molecule has 108 valence electrons. The fourth-order valence-corrected chi connectivity index (χ4v) is 2.83. The first-order valence-electron chi connectivity index (χ1n) is 7.40. The fourth-order valence-electron chi connectivity index (χ4n) is 2.83. The summed E-state index contributed by atoms with van der Waals surface area (Å²) in [6.07, 6.45) is 5.15. The number of amides is 1. The first-order chi connectivity index (χ1) is 9.84. The summed E-state index contributed by atoms with van der Waals surface area (Å²) in [5.41, 5.74) is 0.688. The van der Waals surface area contributed by atoms with Gasteiger partial charge in [-0.05, 0) is 31.4 Å². The molecule has 1 amide bonds. The number of carbonyl (C=O) groups excluding carboxylic acids is 1. The first-order valence-corrected chi connectivity index (χ1v) is 7.40. The number of nitrogens with one attached hydrogen (secondary N) is 1. The maximum atomic E-state index is 12.4. The van der Waals surface area contributed by atoms with Crippen molar-refractivity contribution < 1.29 is 9.53 Å². The van der Waals surface area contributed by atoms with Crippen LogP contribution in [0.2, 0.25) is 0 Å². The summed E-state index contributed by atoms with van der Waals surface area (Å²) in [6.45, 7) is 4.24. The van der Waals surface area contributed by atoms with Crippen molar-refractivity contribution >= 4 is 11.7 Å². The maximum absolute atomic E-state index is 12.4. The molecule has 5 heteroatoms. The van der Waals surface area contributed by atoms with Gasteiger partial charge >= 0.3 is 0 Å². The van der Waals surface area contributed by atoms with Crippen LogP contribution in [0.15, 0.2) is 18.3 Å². The molecule has 1 atom stereocenters. The third kappa shape index (κ3) is 2.93. The smallest absolute Gasteiger partial charge is 0.255 e. The van der Waals surface area contributed by atoms with Gasteiger partial charge in [-0.2, -0.15) is 0 Å². The molecule has 20 heavy (non-hydrogen) atoms. The number of hydrogen-bond acceptors (Lipinski definition) is 4. The van der Waals surface area contributed by atoms with E-state index in [0.717, 1.165) is 38.5 Å². The molecule has 2 aliphatic heterocycles. The molecule has 0 aromatic carbocycles. The van der Waals surface area contributed by atoms with E-state index in [0.29, 0.717) is 18.0 Å². The van der Waals surface area contributed by atoms with E-state index < -0.39 is 0 Å². The van der Waals surface area contributed by atoms with Gasteiger partial charge < -0.3 is 15.0 Å². The summed E-state index contributed by atoms with van der Waals surface area (Å²) in [5, 5.41) is 3.02. The number of rotatable bonds is 4. The molecule has 0 bridgehead atoms. The van der Waals surface area contributed by atoms with Gasteiger partial charge in [-0.25, -0.2) is 4.98 Å². The topological polar surface area (TPSA) is 54.5 Å². The van der Waals surface area contributed by atoms with Crippen LogP contribution < -0.4 is 10.2 Å². The van der Waals surface area contributed by atoms with E-state index in [4.69, 9.17) is 4.74 Å². The molecule has 1 unspecified atom stereocenters. The minimum atomic E-state index is -0.0214. The summed E-state index contributed by atoms with van der Waals surface area (Å²) >= 11 is 0. The third-order valence-corrected chi connectivity index (χ3v) is 4.01. The van der Waals surface area contributed by atoms with Crippen LogP contribution in [0.25, 0.3) is 0 Å². The zero-order valence-electron chi connectivity index (χ0n) is 11.7. The van der Waals surface area contributed by atoms with Crippen LogP contribution in [0, 0.1) is 5.92 Å². The van der Waals surface area contributed by atoms with Crippen molar-refractivity contribution in [1.82, 2.24) is 10.3 Å². The van der Waals surface area contributed by atoms with Crippen LogP contribution in [-0.4, -0.2) is 43.7 Å². The van der Waals surface area contributed by atoms with Gasteiger partial charge in [-0.1, -0.05) is 0 Å². The molecule has 3 rings (SSSR count). The quantitative estimate of drug-likeness (QED) is 0.903. The van der Waals surface area contributed by atoms with E-state index in [2.05, 4.69) is 15.2 Å². The maximum Gasteiger partial charge on any atom is 0.255 e. The second kappa shape index (κ2) is 6.22. The summed E-state index contributed by atoms with van der Waals surface area (Å²) in [5.74, 6) is 1.25. The molecule has 1 aromatic rings. The normalized spacial score (nSPS) is 22.2. The lowest BCUT2D eigenvalue weighted by molar-refractivity contribution is 0.0945. The van der Waals surface area contributed by atoms with Crippen molar-refractivity contribution in [3.05, 3.63) is 23.9 Å². The summed E-state index contributed by atoms with van der Waals surface area (Å²) in [4.78, 5) is 19.0. The second-order valence-electron chi connectivity index (χ2n) is 5.51. The van der Waals surface area contributed by atoms with Gasteiger partial charge in [0.25, 0.3) is 5.91 Å². The molecular weight excluding hydrogens is 254 g/mol. The van der Waals surface area contributed by atoms with Gasteiger partial charge in [-0.3, -0.25) is 4.79 Å². The van der Waals surface area contributed by atoms with E-state index in [9.17, 15) is 4.79 Å². The Morgan fingerprint density at radius 3 is 3.05 bits per heavy atom. The molecule has 3 heterocycles. The standard InChI is InChI=1S/C15H21N3O2/c19-15(17-10-12-5-9-20-11-12)13-4-3-6-16-14(13)18-7-1-2-8-18/h3-4,6,12H,1-2,5,7-11H2,(H,17,19). The molecule has 0 radical (unpaired) electrons. The minimum absolute atomic E-state index is 0.0214. The molecule has 0 spiro atoms. The Kier molecular flexibility index (Phi) is 4.16. The molecule has 1 aromatic heterocycles. The van der Waals surface area contributed by atoms with Crippen LogP contribution in [-0.2, 0) is 4.74 Å². The fraction of sp³-hybridized carbons (Fsp3) is 0.600. The van der Waals surface area contributed by atoms with E-state index in [1.165, 1.54) is 12.8 Å². The van der Waals surface area contributed by atoms with E-state index in [-0.39, 0.29) is 5.91 Å². The number of pyridine rings is 1. The van der Waals surface area contributed by atoms with E-state index >= 15 is 0 Å². The lowest BCUT2D eigenvalue weighted by Crippen LogP contribution is -2.31. The zero-order valence-corrected chi connectivity index (χ0v) is 11.7. The molecule has 2 aliphatic rings. The molecule has 2 fully saturated rings. The molecular formula is C15H21N3O2. The predicted octanol–water partition coefficient (Wildman–Crippen LogP) is 1.45. The second-order valence-corrected chi connectivity index (χ2v) is 5.51. The largest absolute Gasteiger partial charge is 0.381 e. The highest BCUT2D eigenvalue weighted by Gasteiger charge is 2.22. The molecule has 2 saturated heterocycles. The highest BCUT2D eigenvalue weighted by molar-refractivity contribution is 5.98. The van der Waals surface area contributed by atoms with Gasteiger partial charge in [0.1, 0.15) is 5.82 Å². The molecule has 0 aliphatic carbocycles. The third-order valence-electron chi connectivity index (χ3n) is 4.01. The highest BCUT2D eigenvalue weighted by atomic mass is 16.5. The van der Waals surface area contributed by atoms with Crippen LogP contribution >= 0.6 is 0 Å². The van der Waals surface area contributed by atoms with Gasteiger partial charge in [-0.15, -0.1) is 0 Å². The van der Waals surface area contributed by atoms with Gasteiger partial charge in [0.05, 0.1) is 12.2 Å². The Bertz CT molecular complexity index is 466. The molecule has 0 saturated carbocycles. The predicted molar refractivity (Wildman–Crippen MR) is 76.9 cm³/mol. The molecule has 1 N–H and O–H groups in total. The molecule has 5 nitrogen and oxygen atoms in total. The Labute approximate surface area is 119 Å². The number of nitrogens with zero attached hydrogens (tertiary/aromatic N) is 2. The Morgan fingerprint density at radius 2 is 2.30 bits per heavy atom. The summed E-state index contributed by atoms with van der Waals surface area (Å²) < 4.78 is 5.33. The van der Waals surface area contributed by atoms with E-state index in [1.807, 2.05) is 12.1 Å². The number of ether oxygens (including phenoxy) is 1. The Balaban J connectivity index is 1.67. The number of carbonyl (C=O) groups is 1. The number of anilines is 1. The van der Waals surface area contributed by atoms with Crippen molar-refractivity contribution in [3.63, 3.8) is 0 Å². The summed E-state index contributed by atoms with van der Waals surface area (Å²) in [6, 6.07) is 3.69. The Morgan fingerprint density at radius 1 is 1.45 bits per heavy atom. The van der Waals surface area contributed by atoms with Crippen molar-refractivity contribution in [3.8, 4) is 0 Å². The Hall–Kier alpha value is -1.62. The van der Waals surface area contributed by atoms with Crippen LogP contribution in [0.4, 0.5) is 5.82 Å².